The molecule has 0 radical (unpaired) electrons. The molecule has 3 rings (SSSR count). The molecule has 0 unspecified atom stereocenters. The molecule has 0 saturated heterocycles. The first-order valence-corrected chi connectivity index (χ1v) is 10.0. The van der Waals surface area contributed by atoms with Crippen LogP contribution in [0.1, 0.15) is 12.5 Å². The smallest absolute Gasteiger partial charge is 0.263 e. The lowest BCUT2D eigenvalue weighted by atomic mass is 10.2. The van der Waals surface area contributed by atoms with Crippen LogP contribution in [0.25, 0.3) is 0 Å². The maximum absolute atomic E-state index is 12.5. The Labute approximate surface area is 163 Å². The molecule has 2 aromatic carbocycles. The minimum absolute atomic E-state index is 0.131. The number of amides is 1. The fourth-order valence-electron chi connectivity index (χ4n) is 2.59. The number of hydrogen-bond donors (Lipinski definition) is 3. The molecule has 3 N–H and O–H groups in total. The van der Waals surface area contributed by atoms with E-state index in [1.54, 1.807) is 55.5 Å². The fourth-order valence-corrected chi connectivity index (χ4v) is 3.84. The number of aryl methyl sites for hydroxylation is 1. The predicted molar refractivity (Wildman–Crippen MR) is 110 cm³/mol. The molecular weight excluding hydrogens is 376 g/mol. The Morgan fingerprint density at radius 3 is 2.14 bits per heavy atom. The van der Waals surface area contributed by atoms with Gasteiger partial charge in [0.25, 0.3) is 10.0 Å². The van der Waals surface area contributed by atoms with E-state index in [4.69, 9.17) is 0 Å². The van der Waals surface area contributed by atoms with E-state index in [2.05, 4.69) is 20.3 Å². The lowest BCUT2D eigenvalue weighted by Gasteiger charge is -2.11. The van der Waals surface area contributed by atoms with Crippen molar-refractivity contribution in [2.75, 3.05) is 15.4 Å². The van der Waals surface area contributed by atoms with Gasteiger partial charge in [-0.3, -0.25) is 9.52 Å². The molecule has 1 amide bonds. The second kappa shape index (κ2) is 8.10. The lowest BCUT2D eigenvalue weighted by molar-refractivity contribution is -0.114. The van der Waals surface area contributed by atoms with Crippen molar-refractivity contribution >= 4 is 38.8 Å². The summed E-state index contributed by atoms with van der Waals surface area (Å²) in [5.41, 5.74) is 2.88. The van der Waals surface area contributed by atoms with Crippen molar-refractivity contribution in [1.29, 1.82) is 0 Å². The average molecular weight is 396 g/mol. The summed E-state index contributed by atoms with van der Waals surface area (Å²) in [6.45, 7) is 3.19. The van der Waals surface area contributed by atoms with Gasteiger partial charge in [0.05, 0.1) is 16.8 Å². The van der Waals surface area contributed by atoms with Gasteiger partial charge < -0.3 is 10.6 Å². The van der Waals surface area contributed by atoms with Gasteiger partial charge in [-0.25, -0.2) is 13.4 Å². The summed E-state index contributed by atoms with van der Waals surface area (Å²) in [4.78, 5) is 15.4. The Kier molecular flexibility index (Phi) is 5.60. The van der Waals surface area contributed by atoms with E-state index < -0.39 is 10.0 Å². The number of anilines is 4. The van der Waals surface area contributed by atoms with Gasteiger partial charge in [0.15, 0.2) is 0 Å². The first-order chi connectivity index (χ1) is 13.3. The second-order valence-electron chi connectivity index (χ2n) is 6.19. The first-order valence-electron chi connectivity index (χ1n) is 8.53. The Morgan fingerprint density at radius 2 is 1.54 bits per heavy atom. The van der Waals surface area contributed by atoms with Crippen LogP contribution >= 0.6 is 0 Å². The Morgan fingerprint density at radius 1 is 0.893 bits per heavy atom. The normalized spacial score (nSPS) is 10.9. The summed E-state index contributed by atoms with van der Waals surface area (Å²) in [5.74, 6) is 0.100. The van der Waals surface area contributed by atoms with Gasteiger partial charge >= 0.3 is 0 Å². The number of benzene rings is 2. The molecule has 8 heteroatoms. The van der Waals surface area contributed by atoms with Gasteiger partial charge in [0, 0.05) is 18.3 Å². The third-order valence-electron chi connectivity index (χ3n) is 3.88. The van der Waals surface area contributed by atoms with Gasteiger partial charge in [-0.1, -0.05) is 18.2 Å². The van der Waals surface area contributed by atoms with Crippen LogP contribution in [-0.4, -0.2) is 19.3 Å². The molecule has 1 heterocycles. The molecule has 144 valence electrons. The van der Waals surface area contributed by atoms with Crippen LogP contribution in [0.4, 0.5) is 22.9 Å². The molecule has 1 aromatic heterocycles. The number of nitrogens with zero attached hydrogens (tertiary/aromatic N) is 1. The molecule has 28 heavy (non-hydrogen) atoms. The molecule has 0 fully saturated rings. The second-order valence-corrected chi connectivity index (χ2v) is 7.84. The van der Waals surface area contributed by atoms with Crippen LogP contribution in [0.2, 0.25) is 0 Å². The molecule has 0 saturated carbocycles. The van der Waals surface area contributed by atoms with E-state index in [-0.39, 0.29) is 16.6 Å². The van der Waals surface area contributed by atoms with Gasteiger partial charge in [0.1, 0.15) is 5.82 Å². The topological polar surface area (TPSA) is 100 Å². The maximum atomic E-state index is 12.5. The average Bonchev–Trinajstić information content (AvgIpc) is 2.64. The van der Waals surface area contributed by atoms with Crippen molar-refractivity contribution in [3.05, 3.63) is 72.4 Å². The number of sulfonamides is 1. The van der Waals surface area contributed by atoms with Crippen LogP contribution in [-0.2, 0) is 14.8 Å². The Balaban J connectivity index is 1.68. The Hall–Kier alpha value is -3.39. The standard InChI is InChI=1S/C20H20N4O3S/c1-14-5-3-4-6-19(14)28(26,27)24-20-12-11-18(13-21-20)23-17-9-7-16(8-10-17)22-15(2)25/h3-13,23H,1-2H3,(H,21,24)(H,22,25). The molecule has 0 aliphatic carbocycles. The lowest BCUT2D eigenvalue weighted by Crippen LogP contribution is -2.15. The highest BCUT2D eigenvalue weighted by molar-refractivity contribution is 7.92. The highest BCUT2D eigenvalue weighted by atomic mass is 32.2. The number of nitrogens with one attached hydrogen (secondary N) is 3. The van der Waals surface area contributed by atoms with Crippen LogP contribution in [0.15, 0.2) is 71.8 Å². The number of rotatable bonds is 6. The number of aromatic nitrogens is 1. The van der Waals surface area contributed by atoms with E-state index >= 15 is 0 Å². The molecule has 0 spiro atoms. The SMILES string of the molecule is CC(=O)Nc1ccc(Nc2ccc(NS(=O)(=O)c3ccccc3C)nc2)cc1. The third kappa shape index (κ3) is 4.86. The zero-order valence-corrected chi connectivity index (χ0v) is 16.2. The first kappa shape index (κ1) is 19.4. The number of pyridine rings is 1. The predicted octanol–water partition coefficient (Wildman–Crippen LogP) is 3.89. The highest BCUT2D eigenvalue weighted by Crippen LogP contribution is 2.21. The maximum Gasteiger partial charge on any atom is 0.263 e. The zero-order chi connectivity index (χ0) is 20.1. The van der Waals surface area contributed by atoms with Crippen LogP contribution < -0.4 is 15.4 Å². The quantitative estimate of drug-likeness (QED) is 0.587. The van der Waals surface area contributed by atoms with E-state index in [1.165, 1.54) is 13.1 Å². The number of hydrogen-bond acceptors (Lipinski definition) is 5. The number of carbonyl (C=O) groups excluding carboxylic acids is 1. The van der Waals surface area contributed by atoms with Crippen LogP contribution in [0.5, 0.6) is 0 Å². The Bertz CT molecular complexity index is 1080. The summed E-state index contributed by atoms with van der Waals surface area (Å²) in [5, 5.41) is 5.86. The van der Waals surface area contributed by atoms with E-state index in [9.17, 15) is 13.2 Å². The minimum atomic E-state index is -3.70. The summed E-state index contributed by atoms with van der Waals surface area (Å²) < 4.78 is 27.5. The number of carbonyl (C=O) groups is 1. The van der Waals surface area contributed by atoms with E-state index in [0.717, 1.165) is 5.69 Å². The van der Waals surface area contributed by atoms with Crippen LogP contribution in [0, 0.1) is 6.92 Å². The van der Waals surface area contributed by atoms with Crippen molar-refractivity contribution in [2.45, 2.75) is 18.7 Å². The zero-order valence-electron chi connectivity index (χ0n) is 15.4. The molecule has 0 atom stereocenters. The van der Waals surface area contributed by atoms with E-state index in [1.807, 2.05) is 12.1 Å². The van der Waals surface area contributed by atoms with Crippen molar-refractivity contribution in [1.82, 2.24) is 4.98 Å². The van der Waals surface area contributed by atoms with Gasteiger partial charge in [-0.15, -0.1) is 0 Å². The minimum Gasteiger partial charge on any atom is -0.354 e. The van der Waals surface area contributed by atoms with Crippen molar-refractivity contribution < 1.29 is 13.2 Å². The molecule has 0 bridgehead atoms. The molecule has 7 nitrogen and oxygen atoms in total. The molecule has 3 aromatic rings. The summed E-state index contributed by atoms with van der Waals surface area (Å²) in [6.07, 6.45) is 1.54. The molecule has 0 aliphatic rings. The molecular formula is C20H20N4O3S. The fraction of sp³-hybridized carbons (Fsp3) is 0.100. The summed E-state index contributed by atoms with van der Waals surface area (Å²) >= 11 is 0. The summed E-state index contributed by atoms with van der Waals surface area (Å²) in [7, 11) is -3.70. The van der Waals surface area contributed by atoms with E-state index in [0.29, 0.717) is 16.9 Å². The third-order valence-corrected chi connectivity index (χ3v) is 5.39. The van der Waals surface area contributed by atoms with Gasteiger partial charge in [-0.2, -0.15) is 0 Å². The monoisotopic (exact) mass is 396 g/mol. The summed E-state index contributed by atoms with van der Waals surface area (Å²) in [6, 6.07) is 17.3. The van der Waals surface area contributed by atoms with Gasteiger partial charge in [-0.05, 0) is 55.0 Å². The van der Waals surface area contributed by atoms with Crippen molar-refractivity contribution in [2.24, 2.45) is 0 Å². The largest absolute Gasteiger partial charge is 0.354 e. The van der Waals surface area contributed by atoms with Crippen molar-refractivity contribution in [3.8, 4) is 0 Å². The van der Waals surface area contributed by atoms with Gasteiger partial charge in [0.2, 0.25) is 5.91 Å². The van der Waals surface area contributed by atoms with Crippen LogP contribution in [0.3, 0.4) is 0 Å². The van der Waals surface area contributed by atoms with Crippen molar-refractivity contribution in [3.63, 3.8) is 0 Å². The highest BCUT2D eigenvalue weighted by Gasteiger charge is 2.16. The molecule has 0 aliphatic heterocycles.